The molecule has 0 N–H and O–H groups in total. The van der Waals surface area contributed by atoms with E-state index in [0.29, 0.717) is 0 Å². The number of nitrogens with zero attached hydrogens (tertiary/aromatic N) is 1. The summed E-state index contributed by atoms with van der Waals surface area (Å²) in [6, 6.07) is 82.0. The molecular formula is C56H37NS. The largest absolute Gasteiger partial charge is 0.310 e. The van der Waals surface area contributed by atoms with Gasteiger partial charge in [-0.2, -0.15) is 0 Å². The molecule has 1 aromatic heterocycles. The summed E-state index contributed by atoms with van der Waals surface area (Å²) in [4.78, 5) is 2.42. The summed E-state index contributed by atoms with van der Waals surface area (Å²) in [5.41, 5.74) is 13.0. The SMILES string of the molecule is c1ccc(-c2cccc3ccccc23)c(-c2ccc(N(c3ccc(-c4cccc5ccccc45)cc3)c3ccccc3-c3ccc4sc5ccccc5c4c3)cc2)c1. The Balaban J connectivity index is 1.05. The smallest absolute Gasteiger partial charge is 0.0540 e. The molecule has 0 radical (unpaired) electrons. The van der Waals surface area contributed by atoms with Crippen LogP contribution in [0.3, 0.4) is 0 Å². The van der Waals surface area contributed by atoms with Gasteiger partial charge in [-0.1, -0.05) is 176 Å². The number of hydrogen-bond donors (Lipinski definition) is 0. The summed E-state index contributed by atoms with van der Waals surface area (Å²) >= 11 is 1.86. The van der Waals surface area contributed by atoms with Gasteiger partial charge in [0.1, 0.15) is 0 Å². The highest BCUT2D eigenvalue weighted by Gasteiger charge is 2.19. The Labute approximate surface area is 342 Å². The highest BCUT2D eigenvalue weighted by atomic mass is 32.1. The Morgan fingerprint density at radius 1 is 0.276 bits per heavy atom. The number of fused-ring (bicyclic) bond motifs is 5. The van der Waals surface area contributed by atoms with Crippen molar-refractivity contribution in [3.05, 3.63) is 224 Å². The first-order valence-corrected chi connectivity index (χ1v) is 20.7. The Morgan fingerprint density at radius 3 is 1.45 bits per heavy atom. The maximum absolute atomic E-state index is 2.42. The molecule has 2 heteroatoms. The topological polar surface area (TPSA) is 3.24 Å². The molecule has 0 bridgehead atoms. The lowest BCUT2D eigenvalue weighted by Crippen LogP contribution is -2.11. The lowest BCUT2D eigenvalue weighted by molar-refractivity contribution is 1.28. The fourth-order valence-corrected chi connectivity index (χ4v) is 9.81. The van der Waals surface area contributed by atoms with Gasteiger partial charge >= 0.3 is 0 Å². The average molecular weight is 756 g/mol. The van der Waals surface area contributed by atoms with Crippen molar-refractivity contribution in [1.82, 2.24) is 0 Å². The molecule has 0 aliphatic carbocycles. The van der Waals surface area contributed by atoms with Crippen molar-refractivity contribution >= 4 is 70.1 Å². The molecule has 10 aromatic carbocycles. The van der Waals surface area contributed by atoms with Crippen molar-refractivity contribution in [2.75, 3.05) is 4.90 Å². The average Bonchev–Trinajstić information content (AvgIpc) is 3.67. The van der Waals surface area contributed by atoms with Gasteiger partial charge in [-0.25, -0.2) is 0 Å². The van der Waals surface area contributed by atoms with Crippen LogP contribution in [0, 0.1) is 0 Å². The van der Waals surface area contributed by atoms with Crippen molar-refractivity contribution in [3.8, 4) is 44.5 Å². The van der Waals surface area contributed by atoms with Crippen LogP contribution in [0.5, 0.6) is 0 Å². The molecule has 0 amide bonds. The van der Waals surface area contributed by atoms with Crippen LogP contribution in [0.15, 0.2) is 224 Å². The molecule has 0 saturated carbocycles. The number of rotatable bonds is 7. The maximum atomic E-state index is 2.42. The molecule has 0 saturated heterocycles. The number of thiophene rings is 1. The van der Waals surface area contributed by atoms with E-state index < -0.39 is 0 Å². The van der Waals surface area contributed by atoms with Gasteiger partial charge in [0.05, 0.1) is 5.69 Å². The Hall–Kier alpha value is -7.26. The van der Waals surface area contributed by atoms with Crippen LogP contribution in [0.4, 0.5) is 17.1 Å². The van der Waals surface area contributed by atoms with E-state index in [-0.39, 0.29) is 0 Å². The number of benzene rings is 10. The van der Waals surface area contributed by atoms with E-state index >= 15 is 0 Å². The molecule has 272 valence electrons. The van der Waals surface area contributed by atoms with E-state index in [4.69, 9.17) is 0 Å². The van der Waals surface area contributed by atoms with Crippen molar-refractivity contribution in [2.45, 2.75) is 0 Å². The molecule has 0 atom stereocenters. The van der Waals surface area contributed by atoms with Gasteiger partial charge in [0.2, 0.25) is 0 Å². The summed E-state index contributed by atoms with van der Waals surface area (Å²) < 4.78 is 2.63. The summed E-state index contributed by atoms with van der Waals surface area (Å²) in [6.45, 7) is 0. The Morgan fingerprint density at radius 2 is 0.741 bits per heavy atom. The quantitative estimate of drug-likeness (QED) is 0.157. The molecular weight excluding hydrogens is 719 g/mol. The van der Waals surface area contributed by atoms with E-state index in [1.54, 1.807) is 0 Å². The second-order valence-corrected chi connectivity index (χ2v) is 15.9. The van der Waals surface area contributed by atoms with Crippen molar-refractivity contribution in [2.24, 2.45) is 0 Å². The fourth-order valence-electron chi connectivity index (χ4n) is 8.72. The molecule has 0 aliphatic heterocycles. The van der Waals surface area contributed by atoms with Crippen LogP contribution in [0.25, 0.3) is 86.2 Å². The van der Waals surface area contributed by atoms with E-state index in [1.807, 2.05) is 11.3 Å². The van der Waals surface area contributed by atoms with Gasteiger partial charge in [0, 0.05) is 37.1 Å². The van der Waals surface area contributed by atoms with Crippen LogP contribution in [0.2, 0.25) is 0 Å². The zero-order chi connectivity index (χ0) is 38.4. The lowest BCUT2D eigenvalue weighted by Gasteiger charge is -2.28. The third-order valence-electron chi connectivity index (χ3n) is 11.5. The summed E-state index contributed by atoms with van der Waals surface area (Å²) in [7, 11) is 0. The molecule has 11 aromatic rings. The van der Waals surface area contributed by atoms with E-state index in [1.165, 1.54) is 86.2 Å². The minimum atomic E-state index is 1.10. The summed E-state index contributed by atoms with van der Waals surface area (Å²) in [5.74, 6) is 0. The molecule has 0 spiro atoms. The molecule has 58 heavy (non-hydrogen) atoms. The van der Waals surface area contributed by atoms with Crippen molar-refractivity contribution < 1.29 is 0 Å². The van der Waals surface area contributed by atoms with E-state index in [0.717, 1.165) is 17.1 Å². The van der Waals surface area contributed by atoms with Gasteiger partial charge in [0.15, 0.2) is 0 Å². The Kier molecular flexibility index (Phi) is 8.42. The standard InChI is InChI=1S/C56H37NS/c1-3-17-45-38(13-1)15-11-23-46(45)40-27-32-43(33-28-40)57(54-25-9-7-20-49(54)42-31-36-56-53(37-42)52-22-8-10-26-55(52)58-56)44-34-29-41(30-35-44)48-19-5-6-21-50(48)51-24-12-16-39-14-2-4-18-47(39)51/h1-37H. The van der Waals surface area contributed by atoms with E-state index in [2.05, 4.69) is 229 Å². The second-order valence-electron chi connectivity index (χ2n) is 14.9. The van der Waals surface area contributed by atoms with Gasteiger partial charge in [0.25, 0.3) is 0 Å². The number of hydrogen-bond acceptors (Lipinski definition) is 2. The molecule has 0 aliphatic rings. The van der Waals surface area contributed by atoms with Crippen molar-refractivity contribution in [3.63, 3.8) is 0 Å². The number of para-hydroxylation sites is 1. The Bertz CT molecular complexity index is 3270. The van der Waals surface area contributed by atoms with Crippen LogP contribution in [-0.4, -0.2) is 0 Å². The molecule has 1 nitrogen and oxygen atoms in total. The zero-order valence-corrected chi connectivity index (χ0v) is 32.5. The van der Waals surface area contributed by atoms with Crippen LogP contribution in [-0.2, 0) is 0 Å². The third-order valence-corrected chi connectivity index (χ3v) is 12.7. The summed E-state index contributed by atoms with van der Waals surface area (Å²) in [5, 5.41) is 7.62. The predicted molar refractivity (Wildman–Crippen MR) is 251 cm³/mol. The maximum Gasteiger partial charge on any atom is 0.0540 e. The fraction of sp³-hybridized carbons (Fsp3) is 0. The first-order valence-electron chi connectivity index (χ1n) is 19.8. The third kappa shape index (κ3) is 5.94. The van der Waals surface area contributed by atoms with Crippen molar-refractivity contribution in [1.29, 1.82) is 0 Å². The summed E-state index contributed by atoms with van der Waals surface area (Å²) in [6.07, 6.45) is 0. The molecule has 11 rings (SSSR count). The molecule has 1 heterocycles. The lowest BCUT2D eigenvalue weighted by atomic mass is 9.91. The van der Waals surface area contributed by atoms with Gasteiger partial charge < -0.3 is 4.90 Å². The first-order chi connectivity index (χ1) is 28.8. The minimum Gasteiger partial charge on any atom is -0.310 e. The van der Waals surface area contributed by atoms with E-state index in [9.17, 15) is 0 Å². The minimum absolute atomic E-state index is 1.10. The predicted octanol–water partition coefficient (Wildman–Crippen LogP) is 16.5. The first kappa shape index (κ1) is 34.0. The van der Waals surface area contributed by atoms with Crippen LogP contribution >= 0.6 is 11.3 Å². The number of anilines is 3. The highest BCUT2D eigenvalue weighted by Crippen LogP contribution is 2.45. The van der Waals surface area contributed by atoms with Crippen LogP contribution in [0.1, 0.15) is 0 Å². The molecule has 0 unspecified atom stereocenters. The van der Waals surface area contributed by atoms with Gasteiger partial charge in [-0.3, -0.25) is 0 Å². The zero-order valence-electron chi connectivity index (χ0n) is 31.7. The monoisotopic (exact) mass is 755 g/mol. The van der Waals surface area contributed by atoms with Gasteiger partial charge in [-0.05, 0) is 109 Å². The van der Waals surface area contributed by atoms with Crippen LogP contribution < -0.4 is 4.90 Å². The highest BCUT2D eigenvalue weighted by molar-refractivity contribution is 7.25. The molecule has 0 fully saturated rings. The second kappa shape index (κ2) is 14.4. The normalized spacial score (nSPS) is 11.4. The van der Waals surface area contributed by atoms with Gasteiger partial charge in [-0.15, -0.1) is 11.3 Å².